The van der Waals surface area contributed by atoms with Gasteiger partial charge in [-0.2, -0.15) is 5.10 Å². The van der Waals surface area contributed by atoms with Gasteiger partial charge in [0.2, 0.25) is 5.91 Å². The Morgan fingerprint density at radius 3 is 3.00 bits per heavy atom. The van der Waals surface area contributed by atoms with Crippen molar-refractivity contribution in [1.82, 2.24) is 9.78 Å². The molecule has 5 heteroatoms. The van der Waals surface area contributed by atoms with E-state index < -0.39 is 5.91 Å². The van der Waals surface area contributed by atoms with E-state index in [2.05, 4.69) is 5.10 Å². The first-order valence-electron chi connectivity index (χ1n) is 5.73. The Morgan fingerprint density at radius 1 is 1.50 bits per heavy atom. The Hall–Kier alpha value is -2.30. The van der Waals surface area contributed by atoms with Gasteiger partial charge in [0, 0.05) is 12.1 Å². The average Bonchev–Trinajstić information content (AvgIpc) is 2.84. The lowest BCUT2D eigenvalue weighted by Crippen LogP contribution is -2.11. The summed E-state index contributed by atoms with van der Waals surface area (Å²) in [5.74, 6) is 0.275. The molecule has 1 heterocycles. The summed E-state index contributed by atoms with van der Waals surface area (Å²) in [7, 11) is 0. The van der Waals surface area contributed by atoms with Gasteiger partial charge in [-0.15, -0.1) is 0 Å². The molecule has 0 radical (unpaired) electrons. The largest absolute Gasteiger partial charge is 0.486 e. The van der Waals surface area contributed by atoms with Gasteiger partial charge in [-0.1, -0.05) is 12.1 Å². The summed E-state index contributed by atoms with van der Waals surface area (Å²) in [5, 5.41) is 4.11. The molecule has 0 fully saturated rings. The standard InChI is InChI=1S/C13H15N3O2/c1-2-16-8-12(7-15-16)18-9-10-4-3-5-11(6-10)13(14)17/h3-8H,2,9H2,1H3,(H2,14,17). The second kappa shape index (κ2) is 5.35. The Morgan fingerprint density at radius 2 is 2.33 bits per heavy atom. The Kier molecular flexibility index (Phi) is 3.62. The smallest absolute Gasteiger partial charge is 0.248 e. The zero-order valence-corrected chi connectivity index (χ0v) is 10.2. The van der Waals surface area contributed by atoms with Crippen molar-refractivity contribution in [3.05, 3.63) is 47.8 Å². The number of aromatic nitrogens is 2. The molecule has 0 saturated carbocycles. The molecule has 0 aliphatic rings. The van der Waals surface area contributed by atoms with Gasteiger partial charge in [-0.25, -0.2) is 0 Å². The molecule has 94 valence electrons. The van der Waals surface area contributed by atoms with Crippen LogP contribution < -0.4 is 10.5 Å². The van der Waals surface area contributed by atoms with Crippen LogP contribution in [0.1, 0.15) is 22.8 Å². The zero-order chi connectivity index (χ0) is 13.0. The summed E-state index contributed by atoms with van der Waals surface area (Å²) >= 11 is 0. The van der Waals surface area contributed by atoms with Crippen LogP contribution in [0.15, 0.2) is 36.7 Å². The molecule has 0 aliphatic carbocycles. The average molecular weight is 245 g/mol. The number of hydrogen-bond donors (Lipinski definition) is 1. The Bertz CT molecular complexity index is 549. The lowest BCUT2D eigenvalue weighted by Gasteiger charge is -2.04. The third-order valence-electron chi connectivity index (χ3n) is 2.55. The second-order valence-electron chi connectivity index (χ2n) is 3.89. The number of ether oxygens (including phenoxy) is 1. The summed E-state index contributed by atoms with van der Waals surface area (Å²) < 4.78 is 7.36. The van der Waals surface area contributed by atoms with Crippen LogP contribution in [-0.4, -0.2) is 15.7 Å². The van der Waals surface area contributed by atoms with Gasteiger partial charge in [-0.3, -0.25) is 9.48 Å². The van der Waals surface area contributed by atoms with E-state index in [0.29, 0.717) is 17.9 Å². The highest BCUT2D eigenvalue weighted by atomic mass is 16.5. The summed E-state index contributed by atoms with van der Waals surface area (Å²) in [6.45, 7) is 3.20. The molecule has 0 unspecified atom stereocenters. The van der Waals surface area contributed by atoms with Gasteiger partial charge >= 0.3 is 0 Å². The topological polar surface area (TPSA) is 70.1 Å². The van der Waals surface area contributed by atoms with Crippen LogP contribution >= 0.6 is 0 Å². The zero-order valence-electron chi connectivity index (χ0n) is 10.2. The molecule has 1 aromatic carbocycles. The van der Waals surface area contributed by atoms with Crippen LogP contribution in [0, 0.1) is 0 Å². The quantitative estimate of drug-likeness (QED) is 0.869. The maximum absolute atomic E-state index is 11.0. The van der Waals surface area contributed by atoms with E-state index >= 15 is 0 Å². The van der Waals surface area contributed by atoms with Crippen molar-refractivity contribution < 1.29 is 9.53 Å². The van der Waals surface area contributed by atoms with Crippen molar-refractivity contribution >= 4 is 5.91 Å². The molecular weight excluding hydrogens is 230 g/mol. The highest BCUT2D eigenvalue weighted by molar-refractivity contribution is 5.92. The van der Waals surface area contributed by atoms with E-state index in [9.17, 15) is 4.79 Å². The van der Waals surface area contributed by atoms with E-state index in [1.165, 1.54) is 0 Å². The van der Waals surface area contributed by atoms with Gasteiger partial charge in [0.15, 0.2) is 5.75 Å². The minimum atomic E-state index is -0.435. The molecule has 2 aromatic rings. The number of carbonyl (C=O) groups is 1. The van der Waals surface area contributed by atoms with Gasteiger partial charge in [0.05, 0.1) is 12.4 Å². The minimum absolute atomic E-state index is 0.385. The SMILES string of the molecule is CCn1cc(OCc2cccc(C(N)=O)c2)cn1. The lowest BCUT2D eigenvalue weighted by molar-refractivity contribution is 0.1000. The van der Waals surface area contributed by atoms with Crippen LogP contribution in [0.2, 0.25) is 0 Å². The minimum Gasteiger partial charge on any atom is -0.486 e. The molecule has 2 N–H and O–H groups in total. The van der Waals surface area contributed by atoms with Crippen LogP contribution in [0.5, 0.6) is 5.75 Å². The fraction of sp³-hybridized carbons (Fsp3) is 0.231. The van der Waals surface area contributed by atoms with Crippen LogP contribution in [0.25, 0.3) is 0 Å². The van der Waals surface area contributed by atoms with Crippen LogP contribution in [-0.2, 0) is 13.2 Å². The number of amides is 1. The number of rotatable bonds is 5. The Labute approximate surface area is 105 Å². The first-order valence-corrected chi connectivity index (χ1v) is 5.73. The normalized spacial score (nSPS) is 10.3. The first-order chi connectivity index (χ1) is 8.69. The Balaban J connectivity index is 2.01. The molecule has 0 aliphatic heterocycles. The summed E-state index contributed by atoms with van der Waals surface area (Å²) in [4.78, 5) is 11.0. The van der Waals surface area contributed by atoms with Crippen molar-refractivity contribution in [2.45, 2.75) is 20.1 Å². The summed E-state index contributed by atoms with van der Waals surface area (Å²) in [5.41, 5.74) is 6.60. The van der Waals surface area contributed by atoms with Crippen molar-refractivity contribution in [3.8, 4) is 5.75 Å². The maximum Gasteiger partial charge on any atom is 0.248 e. The van der Waals surface area contributed by atoms with E-state index in [1.807, 2.05) is 19.2 Å². The molecule has 5 nitrogen and oxygen atoms in total. The van der Waals surface area contributed by atoms with Crippen LogP contribution in [0.4, 0.5) is 0 Å². The third-order valence-corrected chi connectivity index (χ3v) is 2.55. The number of nitrogens with zero attached hydrogens (tertiary/aromatic N) is 2. The predicted molar refractivity (Wildman–Crippen MR) is 67.2 cm³/mol. The van der Waals surface area contributed by atoms with E-state index in [0.717, 1.165) is 12.1 Å². The van der Waals surface area contributed by atoms with Gasteiger partial charge in [0.25, 0.3) is 0 Å². The molecule has 0 spiro atoms. The van der Waals surface area contributed by atoms with Crippen LogP contribution in [0.3, 0.4) is 0 Å². The number of nitrogens with two attached hydrogens (primary N) is 1. The van der Waals surface area contributed by atoms with Gasteiger partial charge in [-0.05, 0) is 24.6 Å². The van der Waals surface area contributed by atoms with E-state index in [1.54, 1.807) is 29.1 Å². The molecule has 0 bridgehead atoms. The molecule has 1 aromatic heterocycles. The maximum atomic E-state index is 11.0. The highest BCUT2D eigenvalue weighted by Crippen LogP contribution is 2.12. The fourth-order valence-electron chi connectivity index (χ4n) is 1.57. The van der Waals surface area contributed by atoms with Gasteiger partial charge in [0.1, 0.15) is 6.61 Å². The third kappa shape index (κ3) is 2.88. The number of primary amides is 1. The molecule has 2 rings (SSSR count). The van der Waals surface area contributed by atoms with Crippen molar-refractivity contribution in [2.24, 2.45) is 5.73 Å². The molecule has 18 heavy (non-hydrogen) atoms. The summed E-state index contributed by atoms with van der Waals surface area (Å²) in [6, 6.07) is 7.08. The summed E-state index contributed by atoms with van der Waals surface area (Å²) in [6.07, 6.45) is 3.50. The van der Waals surface area contributed by atoms with E-state index in [-0.39, 0.29) is 0 Å². The first kappa shape index (κ1) is 12.2. The monoisotopic (exact) mass is 245 g/mol. The lowest BCUT2D eigenvalue weighted by atomic mass is 10.1. The number of benzene rings is 1. The number of hydrogen-bond acceptors (Lipinski definition) is 3. The number of carbonyl (C=O) groups excluding carboxylic acids is 1. The second-order valence-corrected chi connectivity index (χ2v) is 3.89. The number of aryl methyl sites for hydroxylation is 1. The van der Waals surface area contributed by atoms with E-state index in [4.69, 9.17) is 10.5 Å². The molecule has 0 atom stereocenters. The van der Waals surface area contributed by atoms with Gasteiger partial charge < -0.3 is 10.5 Å². The van der Waals surface area contributed by atoms with Crippen molar-refractivity contribution in [3.63, 3.8) is 0 Å². The molecular formula is C13H15N3O2. The fourth-order valence-corrected chi connectivity index (χ4v) is 1.57. The van der Waals surface area contributed by atoms with Crippen molar-refractivity contribution in [2.75, 3.05) is 0 Å². The molecule has 1 amide bonds. The molecule has 0 saturated heterocycles. The highest BCUT2D eigenvalue weighted by Gasteiger charge is 2.03. The predicted octanol–water partition coefficient (Wildman–Crippen LogP) is 1.58. The van der Waals surface area contributed by atoms with Crippen molar-refractivity contribution in [1.29, 1.82) is 0 Å².